The van der Waals surface area contributed by atoms with Gasteiger partial charge in [-0.05, 0) is 24.5 Å². The van der Waals surface area contributed by atoms with Gasteiger partial charge in [-0.15, -0.1) is 0 Å². The van der Waals surface area contributed by atoms with E-state index in [0.29, 0.717) is 38.2 Å². The molecule has 0 aromatic heterocycles. The van der Waals surface area contributed by atoms with Crippen molar-refractivity contribution in [2.75, 3.05) is 32.7 Å². The molecule has 0 radical (unpaired) electrons. The van der Waals surface area contributed by atoms with Crippen LogP contribution >= 0.6 is 0 Å². The number of benzene rings is 1. The van der Waals surface area contributed by atoms with E-state index in [4.69, 9.17) is 0 Å². The molecule has 0 spiro atoms. The largest absolute Gasteiger partial charge is 0.343 e. The van der Waals surface area contributed by atoms with Crippen LogP contribution in [0.5, 0.6) is 0 Å². The van der Waals surface area contributed by atoms with Crippen molar-refractivity contribution in [3.63, 3.8) is 0 Å². The van der Waals surface area contributed by atoms with Crippen molar-refractivity contribution < 1.29 is 14.4 Å². The average Bonchev–Trinajstić information content (AvgIpc) is 3.24. The summed E-state index contributed by atoms with van der Waals surface area (Å²) in [6, 6.07) is 8.86. The van der Waals surface area contributed by atoms with Crippen LogP contribution in [0.2, 0.25) is 0 Å². The molecule has 1 aromatic rings. The maximum atomic E-state index is 12.4. The molecule has 1 saturated heterocycles. The topological polar surface area (TPSA) is 69.7 Å². The third-order valence-electron chi connectivity index (χ3n) is 5.66. The SMILES string of the molecule is O=C(NCC(=O)N1CCN(C(=O)CCC2CCCC2)CC1)c1ccccc1. The summed E-state index contributed by atoms with van der Waals surface area (Å²) in [6.07, 6.45) is 6.78. The van der Waals surface area contributed by atoms with E-state index in [-0.39, 0.29) is 24.3 Å². The molecule has 3 rings (SSSR count). The van der Waals surface area contributed by atoms with Crippen LogP contribution in [0.3, 0.4) is 0 Å². The predicted octanol–water partition coefficient (Wildman–Crippen LogP) is 2.06. The zero-order chi connectivity index (χ0) is 19.1. The van der Waals surface area contributed by atoms with Gasteiger partial charge in [-0.2, -0.15) is 0 Å². The standard InChI is InChI=1S/C21H29N3O3/c25-19(11-10-17-6-4-5-7-17)23-12-14-24(15-13-23)20(26)16-22-21(27)18-8-2-1-3-9-18/h1-3,8-9,17H,4-7,10-16H2,(H,22,27). The van der Waals surface area contributed by atoms with Crippen LogP contribution in [-0.4, -0.2) is 60.2 Å². The van der Waals surface area contributed by atoms with E-state index in [0.717, 1.165) is 12.3 Å². The van der Waals surface area contributed by atoms with Gasteiger partial charge < -0.3 is 15.1 Å². The summed E-state index contributed by atoms with van der Waals surface area (Å²) in [4.78, 5) is 40.3. The van der Waals surface area contributed by atoms with E-state index in [1.807, 2.05) is 11.0 Å². The summed E-state index contributed by atoms with van der Waals surface area (Å²) < 4.78 is 0. The van der Waals surface area contributed by atoms with E-state index in [1.165, 1.54) is 25.7 Å². The van der Waals surface area contributed by atoms with Gasteiger partial charge in [0, 0.05) is 38.2 Å². The number of hydrogen-bond donors (Lipinski definition) is 1. The summed E-state index contributed by atoms with van der Waals surface area (Å²) in [5.41, 5.74) is 0.544. The fourth-order valence-electron chi connectivity index (χ4n) is 3.95. The van der Waals surface area contributed by atoms with Crippen LogP contribution in [0.4, 0.5) is 0 Å². The summed E-state index contributed by atoms with van der Waals surface area (Å²) in [5, 5.41) is 2.67. The highest BCUT2D eigenvalue weighted by molar-refractivity contribution is 5.96. The Kier molecular flexibility index (Phi) is 6.85. The molecule has 1 aliphatic carbocycles. The van der Waals surface area contributed by atoms with Crippen LogP contribution in [0, 0.1) is 5.92 Å². The zero-order valence-electron chi connectivity index (χ0n) is 15.9. The maximum Gasteiger partial charge on any atom is 0.251 e. The molecule has 1 N–H and O–H groups in total. The number of rotatable bonds is 6. The van der Waals surface area contributed by atoms with Crippen LogP contribution < -0.4 is 5.32 Å². The third-order valence-corrected chi connectivity index (χ3v) is 5.66. The van der Waals surface area contributed by atoms with Crippen molar-refractivity contribution in [2.24, 2.45) is 5.92 Å². The van der Waals surface area contributed by atoms with Crippen molar-refractivity contribution in [2.45, 2.75) is 38.5 Å². The summed E-state index contributed by atoms with van der Waals surface area (Å²) in [5.74, 6) is 0.596. The van der Waals surface area contributed by atoms with Gasteiger partial charge >= 0.3 is 0 Å². The molecular formula is C21H29N3O3. The first-order valence-electron chi connectivity index (χ1n) is 10.0. The molecule has 6 nitrogen and oxygen atoms in total. The minimum atomic E-state index is -0.246. The number of nitrogens with one attached hydrogen (secondary N) is 1. The number of carbonyl (C=O) groups is 3. The maximum absolute atomic E-state index is 12.4. The highest BCUT2D eigenvalue weighted by atomic mass is 16.2. The smallest absolute Gasteiger partial charge is 0.251 e. The van der Waals surface area contributed by atoms with Gasteiger partial charge in [-0.3, -0.25) is 14.4 Å². The first-order valence-corrected chi connectivity index (χ1v) is 10.0. The van der Waals surface area contributed by atoms with Gasteiger partial charge in [0.2, 0.25) is 11.8 Å². The number of hydrogen-bond acceptors (Lipinski definition) is 3. The van der Waals surface area contributed by atoms with Gasteiger partial charge in [0.1, 0.15) is 0 Å². The van der Waals surface area contributed by atoms with Crippen molar-refractivity contribution in [1.82, 2.24) is 15.1 Å². The molecule has 2 fully saturated rings. The second-order valence-corrected chi connectivity index (χ2v) is 7.50. The number of amides is 3. The summed E-state index contributed by atoms with van der Waals surface area (Å²) in [7, 11) is 0. The molecule has 1 saturated carbocycles. The number of piperazine rings is 1. The van der Waals surface area contributed by atoms with Crippen molar-refractivity contribution >= 4 is 17.7 Å². The Morgan fingerprint density at radius 2 is 1.48 bits per heavy atom. The van der Waals surface area contributed by atoms with Crippen LogP contribution in [0.1, 0.15) is 48.9 Å². The molecule has 27 heavy (non-hydrogen) atoms. The summed E-state index contributed by atoms with van der Waals surface area (Å²) in [6.45, 7) is 2.23. The lowest BCUT2D eigenvalue weighted by Gasteiger charge is -2.35. The van der Waals surface area contributed by atoms with Gasteiger partial charge in [-0.25, -0.2) is 0 Å². The first-order chi connectivity index (χ1) is 13.1. The molecular weight excluding hydrogens is 342 g/mol. The molecule has 0 bridgehead atoms. The molecule has 146 valence electrons. The van der Waals surface area contributed by atoms with E-state index >= 15 is 0 Å². The Balaban J connectivity index is 1.36. The molecule has 1 aromatic carbocycles. The molecule has 3 amide bonds. The fourth-order valence-corrected chi connectivity index (χ4v) is 3.95. The van der Waals surface area contributed by atoms with Crippen molar-refractivity contribution in [3.8, 4) is 0 Å². The second-order valence-electron chi connectivity index (χ2n) is 7.50. The molecule has 6 heteroatoms. The van der Waals surface area contributed by atoms with Gasteiger partial charge in [0.25, 0.3) is 5.91 Å². The fraction of sp³-hybridized carbons (Fsp3) is 0.571. The molecule has 0 unspecified atom stereocenters. The Morgan fingerprint density at radius 1 is 0.889 bits per heavy atom. The van der Waals surface area contributed by atoms with Crippen LogP contribution in [0.25, 0.3) is 0 Å². The number of nitrogens with zero attached hydrogens (tertiary/aromatic N) is 2. The minimum absolute atomic E-state index is 0.0106. The van der Waals surface area contributed by atoms with E-state index < -0.39 is 0 Å². The van der Waals surface area contributed by atoms with E-state index in [9.17, 15) is 14.4 Å². The first kappa shape index (κ1) is 19.4. The lowest BCUT2D eigenvalue weighted by molar-refractivity contribution is -0.139. The monoisotopic (exact) mass is 371 g/mol. The van der Waals surface area contributed by atoms with Crippen LogP contribution in [-0.2, 0) is 9.59 Å². The quantitative estimate of drug-likeness (QED) is 0.832. The van der Waals surface area contributed by atoms with Crippen molar-refractivity contribution in [1.29, 1.82) is 0 Å². The molecule has 1 aliphatic heterocycles. The normalized spacial score (nSPS) is 17.8. The lowest BCUT2D eigenvalue weighted by atomic mass is 10.0. The third kappa shape index (κ3) is 5.55. The number of carbonyl (C=O) groups excluding carboxylic acids is 3. The lowest BCUT2D eigenvalue weighted by Crippen LogP contribution is -2.52. The average molecular weight is 371 g/mol. The minimum Gasteiger partial charge on any atom is -0.343 e. The molecule has 0 atom stereocenters. The van der Waals surface area contributed by atoms with Gasteiger partial charge in [0.15, 0.2) is 0 Å². The van der Waals surface area contributed by atoms with Crippen LogP contribution in [0.15, 0.2) is 30.3 Å². The Hall–Kier alpha value is -2.37. The molecule has 2 aliphatic rings. The Labute approximate surface area is 160 Å². The highest BCUT2D eigenvalue weighted by Crippen LogP contribution is 2.28. The molecule has 1 heterocycles. The van der Waals surface area contributed by atoms with E-state index in [2.05, 4.69) is 5.32 Å². The highest BCUT2D eigenvalue weighted by Gasteiger charge is 2.25. The second kappa shape index (κ2) is 9.53. The predicted molar refractivity (Wildman–Crippen MR) is 103 cm³/mol. The Morgan fingerprint density at radius 3 is 2.11 bits per heavy atom. The zero-order valence-corrected chi connectivity index (χ0v) is 15.9. The summed E-state index contributed by atoms with van der Waals surface area (Å²) >= 11 is 0. The van der Waals surface area contributed by atoms with Crippen molar-refractivity contribution in [3.05, 3.63) is 35.9 Å². The van der Waals surface area contributed by atoms with E-state index in [1.54, 1.807) is 29.2 Å². The Bertz CT molecular complexity index is 648. The van der Waals surface area contributed by atoms with Gasteiger partial charge in [0.05, 0.1) is 6.54 Å². The van der Waals surface area contributed by atoms with Gasteiger partial charge in [-0.1, -0.05) is 43.9 Å².